The van der Waals surface area contributed by atoms with Gasteiger partial charge in [-0.2, -0.15) is 0 Å². The molecule has 1 saturated carbocycles. The molecule has 0 aliphatic heterocycles. The van der Waals surface area contributed by atoms with Gasteiger partial charge in [-0.05, 0) is 57.9 Å². The molecule has 0 spiro atoms. The van der Waals surface area contributed by atoms with Crippen molar-refractivity contribution in [2.75, 3.05) is 0 Å². The minimum absolute atomic E-state index is 0.147. The van der Waals surface area contributed by atoms with Crippen molar-refractivity contribution in [2.24, 2.45) is 11.8 Å². The maximum Gasteiger partial charge on any atom is 0.407 e. The zero-order valence-corrected chi connectivity index (χ0v) is 14.6. The van der Waals surface area contributed by atoms with Gasteiger partial charge in [0.1, 0.15) is 0 Å². The number of rotatable bonds is 5. The SMILES string of the molecule is Cc1ccc(C(NC(=O)OC(C)C)[C@H]2CC[C@H](C(=O)O)CC2)cc1. The Morgan fingerprint density at radius 1 is 1.12 bits per heavy atom. The van der Waals surface area contributed by atoms with E-state index in [0.29, 0.717) is 12.8 Å². The molecule has 132 valence electrons. The zero-order valence-electron chi connectivity index (χ0n) is 14.6. The largest absolute Gasteiger partial charge is 0.481 e. The molecule has 0 radical (unpaired) electrons. The highest BCUT2D eigenvalue weighted by atomic mass is 16.6. The Morgan fingerprint density at radius 2 is 1.71 bits per heavy atom. The molecule has 5 nitrogen and oxygen atoms in total. The fraction of sp³-hybridized carbons (Fsp3) is 0.579. The highest BCUT2D eigenvalue weighted by Gasteiger charge is 2.32. The molecular formula is C19H27NO4. The Morgan fingerprint density at radius 3 is 2.21 bits per heavy atom. The Labute approximate surface area is 143 Å². The van der Waals surface area contributed by atoms with E-state index in [1.54, 1.807) is 0 Å². The van der Waals surface area contributed by atoms with Crippen LogP contribution in [0.1, 0.15) is 56.7 Å². The van der Waals surface area contributed by atoms with E-state index in [0.717, 1.165) is 24.0 Å². The fourth-order valence-electron chi connectivity index (χ4n) is 3.32. The van der Waals surface area contributed by atoms with Crippen molar-refractivity contribution in [1.82, 2.24) is 5.32 Å². The molecule has 0 bridgehead atoms. The van der Waals surface area contributed by atoms with Gasteiger partial charge in [-0.25, -0.2) is 4.79 Å². The van der Waals surface area contributed by atoms with Crippen LogP contribution in [0.25, 0.3) is 0 Å². The third-order valence-electron chi connectivity index (χ3n) is 4.65. The number of alkyl carbamates (subject to hydrolysis) is 1. The van der Waals surface area contributed by atoms with E-state index in [9.17, 15) is 9.59 Å². The lowest BCUT2D eigenvalue weighted by Crippen LogP contribution is -2.37. The summed E-state index contributed by atoms with van der Waals surface area (Å²) in [6, 6.07) is 7.96. The summed E-state index contributed by atoms with van der Waals surface area (Å²) in [6.07, 6.45) is 2.30. The van der Waals surface area contributed by atoms with E-state index in [1.165, 1.54) is 0 Å². The van der Waals surface area contributed by atoms with Crippen LogP contribution >= 0.6 is 0 Å². The first kappa shape index (κ1) is 18.3. The number of hydrogen-bond acceptors (Lipinski definition) is 3. The van der Waals surface area contributed by atoms with Crippen molar-refractivity contribution in [3.8, 4) is 0 Å². The minimum Gasteiger partial charge on any atom is -0.481 e. The molecule has 1 aromatic rings. The van der Waals surface area contributed by atoms with E-state index >= 15 is 0 Å². The summed E-state index contributed by atoms with van der Waals surface area (Å²) >= 11 is 0. The maximum atomic E-state index is 12.1. The number of hydrogen-bond donors (Lipinski definition) is 2. The molecule has 1 aliphatic carbocycles. The minimum atomic E-state index is -0.715. The van der Waals surface area contributed by atoms with Gasteiger partial charge in [0.2, 0.25) is 0 Å². The van der Waals surface area contributed by atoms with Gasteiger partial charge in [0.15, 0.2) is 0 Å². The summed E-state index contributed by atoms with van der Waals surface area (Å²) < 4.78 is 5.23. The Balaban J connectivity index is 2.12. The smallest absolute Gasteiger partial charge is 0.407 e. The van der Waals surface area contributed by atoms with Gasteiger partial charge in [-0.15, -0.1) is 0 Å². The van der Waals surface area contributed by atoms with E-state index in [1.807, 2.05) is 45.0 Å². The van der Waals surface area contributed by atoms with Crippen LogP contribution in [0.15, 0.2) is 24.3 Å². The van der Waals surface area contributed by atoms with Crippen LogP contribution in [0.3, 0.4) is 0 Å². The molecule has 1 fully saturated rings. The van der Waals surface area contributed by atoms with Crippen molar-refractivity contribution < 1.29 is 19.4 Å². The summed E-state index contributed by atoms with van der Waals surface area (Å²) in [5.74, 6) is -0.752. The molecule has 2 rings (SSSR count). The van der Waals surface area contributed by atoms with Gasteiger partial charge in [0.25, 0.3) is 0 Å². The molecule has 24 heavy (non-hydrogen) atoms. The monoisotopic (exact) mass is 333 g/mol. The molecule has 1 unspecified atom stereocenters. The van der Waals surface area contributed by atoms with Gasteiger partial charge >= 0.3 is 12.1 Å². The maximum absolute atomic E-state index is 12.1. The first-order valence-corrected chi connectivity index (χ1v) is 8.63. The topological polar surface area (TPSA) is 75.6 Å². The van der Waals surface area contributed by atoms with Gasteiger partial charge in [-0.3, -0.25) is 4.79 Å². The molecule has 0 aromatic heterocycles. The van der Waals surface area contributed by atoms with Crippen LogP contribution in [0.5, 0.6) is 0 Å². The number of amides is 1. The molecule has 1 aliphatic rings. The van der Waals surface area contributed by atoms with E-state index in [-0.39, 0.29) is 24.0 Å². The van der Waals surface area contributed by atoms with Crippen molar-refractivity contribution in [2.45, 2.75) is 58.6 Å². The molecule has 0 saturated heterocycles. The summed E-state index contributed by atoms with van der Waals surface area (Å²) in [4.78, 5) is 23.2. The Hall–Kier alpha value is -2.04. The molecule has 5 heteroatoms. The van der Waals surface area contributed by atoms with E-state index < -0.39 is 12.1 Å². The summed E-state index contributed by atoms with van der Waals surface area (Å²) in [7, 11) is 0. The third-order valence-corrected chi connectivity index (χ3v) is 4.65. The predicted molar refractivity (Wildman–Crippen MR) is 91.8 cm³/mol. The highest BCUT2D eigenvalue weighted by Crippen LogP contribution is 2.37. The average Bonchev–Trinajstić information content (AvgIpc) is 2.53. The van der Waals surface area contributed by atoms with E-state index in [2.05, 4.69) is 5.32 Å². The van der Waals surface area contributed by atoms with Crippen LogP contribution in [-0.2, 0) is 9.53 Å². The zero-order chi connectivity index (χ0) is 17.7. The molecule has 1 aromatic carbocycles. The number of carbonyl (C=O) groups excluding carboxylic acids is 1. The number of nitrogens with one attached hydrogen (secondary N) is 1. The highest BCUT2D eigenvalue weighted by molar-refractivity contribution is 5.70. The number of carbonyl (C=O) groups is 2. The third kappa shape index (κ3) is 4.98. The van der Waals surface area contributed by atoms with Crippen LogP contribution in [-0.4, -0.2) is 23.3 Å². The lowest BCUT2D eigenvalue weighted by atomic mass is 9.76. The second-order valence-electron chi connectivity index (χ2n) is 6.94. The molecule has 1 amide bonds. The predicted octanol–water partition coefficient (Wildman–Crippen LogP) is 4.06. The number of aliphatic carboxylic acids is 1. The second-order valence-corrected chi connectivity index (χ2v) is 6.94. The van der Waals surface area contributed by atoms with Gasteiger partial charge in [0.05, 0.1) is 18.1 Å². The number of carboxylic acid groups (broad SMARTS) is 1. The lowest BCUT2D eigenvalue weighted by molar-refractivity contribution is -0.143. The molecule has 2 N–H and O–H groups in total. The summed E-state index contributed by atoms with van der Waals surface area (Å²) in [6.45, 7) is 5.66. The Bertz CT molecular complexity index is 559. The van der Waals surface area contributed by atoms with E-state index in [4.69, 9.17) is 9.84 Å². The first-order chi connectivity index (χ1) is 11.4. The molecule has 1 atom stereocenters. The summed E-state index contributed by atoms with van der Waals surface area (Å²) in [5.41, 5.74) is 2.21. The average molecular weight is 333 g/mol. The quantitative estimate of drug-likeness (QED) is 0.852. The van der Waals surface area contributed by atoms with Crippen molar-refractivity contribution in [3.63, 3.8) is 0 Å². The van der Waals surface area contributed by atoms with Crippen LogP contribution in [0.4, 0.5) is 4.79 Å². The standard InChI is InChI=1S/C19H27NO4/c1-12(2)24-19(23)20-17(14-6-4-13(3)5-7-14)15-8-10-16(11-9-15)18(21)22/h4-7,12,15-17H,8-11H2,1-3H3,(H,20,23)(H,21,22)/t15-,16-,17?. The normalized spacial score (nSPS) is 22.0. The van der Waals surface area contributed by atoms with Crippen molar-refractivity contribution in [3.05, 3.63) is 35.4 Å². The number of carboxylic acids is 1. The number of aryl methyl sites for hydroxylation is 1. The molecule has 0 heterocycles. The van der Waals surface area contributed by atoms with Gasteiger partial charge in [0, 0.05) is 0 Å². The molecular weight excluding hydrogens is 306 g/mol. The number of benzene rings is 1. The van der Waals surface area contributed by atoms with Crippen LogP contribution < -0.4 is 5.32 Å². The van der Waals surface area contributed by atoms with Crippen molar-refractivity contribution >= 4 is 12.1 Å². The van der Waals surface area contributed by atoms with Gasteiger partial charge in [-0.1, -0.05) is 29.8 Å². The van der Waals surface area contributed by atoms with Gasteiger partial charge < -0.3 is 15.2 Å². The summed E-state index contributed by atoms with van der Waals surface area (Å²) in [5, 5.41) is 12.2. The fourth-order valence-corrected chi connectivity index (χ4v) is 3.32. The number of ether oxygens (including phenoxy) is 1. The lowest BCUT2D eigenvalue weighted by Gasteiger charge is -2.33. The van der Waals surface area contributed by atoms with Crippen molar-refractivity contribution in [1.29, 1.82) is 0 Å². The first-order valence-electron chi connectivity index (χ1n) is 8.63. The Kier molecular flexibility index (Phi) is 6.23. The van der Waals surface area contributed by atoms with Crippen LogP contribution in [0, 0.1) is 18.8 Å². The second kappa shape index (κ2) is 8.18. The van der Waals surface area contributed by atoms with Crippen LogP contribution in [0.2, 0.25) is 0 Å².